The maximum absolute atomic E-state index is 12.2. The van der Waals surface area contributed by atoms with Crippen molar-refractivity contribution in [2.24, 2.45) is 0 Å². The molecule has 0 aromatic heterocycles. The number of aliphatic hydroxyl groups excluding tert-OH is 2. The lowest BCUT2D eigenvalue weighted by atomic mass is 9.82. The van der Waals surface area contributed by atoms with E-state index in [4.69, 9.17) is 11.6 Å². The molecule has 2 unspecified atom stereocenters. The van der Waals surface area contributed by atoms with E-state index in [2.05, 4.69) is 0 Å². The van der Waals surface area contributed by atoms with Crippen LogP contribution in [0.4, 0.5) is 0 Å². The third kappa shape index (κ3) is 2.70. The normalized spacial score (nSPS) is 15.8. The first-order chi connectivity index (χ1) is 11.0. The van der Waals surface area contributed by atoms with Crippen molar-refractivity contribution in [3.8, 4) is 11.1 Å². The van der Waals surface area contributed by atoms with E-state index in [9.17, 15) is 19.8 Å². The van der Waals surface area contributed by atoms with E-state index in [1.165, 1.54) is 6.07 Å². The zero-order chi connectivity index (χ0) is 16.6. The number of hydrogen-bond acceptors (Lipinski definition) is 4. The Morgan fingerprint density at radius 3 is 2.13 bits per heavy atom. The van der Waals surface area contributed by atoms with Gasteiger partial charge in [-0.1, -0.05) is 30.3 Å². The molecule has 4 nitrogen and oxygen atoms in total. The minimum absolute atomic E-state index is 0.235. The number of carbonyl (C=O) groups is 2. The number of hydrogen-bond donors (Lipinski definition) is 2. The molecule has 0 saturated carbocycles. The summed E-state index contributed by atoms with van der Waals surface area (Å²) in [6.45, 7) is 0. The summed E-state index contributed by atoms with van der Waals surface area (Å²) in [5.74, 6) is -0.844. The Morgan fingerprint density at radius 1 is 0.870 bits per heavy atom. The number of aliphatic hydroxyl groups is 2. The number of alkyl halides is 1. The number of carbonyl (C=O) groups excluding carboxylic acids is 2. The molecule has 5 heteroatoms. The molecule has 0 bridgehead atoms. The SMILES string of the molecule is O=C1C(=O)c2ccc(C(O)C(O)CCCl)cc2-c2ccccc21. The Hall–Kier alpha value is -2.01. The molecule has 1 aliphatic carbocycles. The third-order valence-electron chi connectivity index (χ3n) is 4.07. The van der Waals surface area contributed by atoms with Gasteiger partial charge < -0.3 is 10.2 Å². The maximum atomic E-state index is 12.2. The highest BCUT2D eigenvalue weighted by Gasteiger charge is 2.31. The van der Waals surface area contributed by atoms with Gasteiger partial charge in [0.15, 0.2) is 0 Å². The van der Waals surface area contributed by atoms with Crippen molar-refractivity contribution in [1.82, 2.24) is 0 Å². The molecule has 0 fully saturated rings. The Kier molecular flexibility index (Phi) is 4.31. The molecule has 1 aliphatic rings. The van der Waals surface area contributed by atoms with Crippen LogP contribution in [0.25, 0.3) is 11.1 Å². The van der Waals surface area contributed by atoms with Gasteiger partial charge in [0.05, 0.1) is 6.10 Å². The number of rotatable bonds is 4. The molecule has 0 heterocycles. The molecule has 0 saturated heterocycles. The van der Waals surface area contributed by atoms with Gasteiger partial charge in [0.1, 0.15) is 6.10 Å². The quantitative estimate of drug-likeness (QED) is 0.667. The van der Waals surface area contributed by atoms with Gasteiger partial charge in [0.2, 0.25) is 11.6 Å². The summed E-state index contributed by atoms with van der Waals surface area (Å²) in [5, 5.41) is 20.1. The molecule has 0 aliphatic heterocycles. The van der Waals surface area contributed by atoms with Crippen LogP contribution in [0.2, 0.25) is 0 Å². The van der Waals surface area contributed by atoms with Gasteiger partial charge in [0, 0.05) is 17.0 Å². The van der Waals surface area contributed by atoms with E-state index in [1.54, 1.807) is 36.4 Å². The highest BCUT2D eigenvalue weighted by Crippen LogP contribution is 2.35. The molecule has 2 atom stereocenters. The fourth-order valence-electron chi connectivity index (χ4n) is 2.82. The molecule has 2 N–H and O–H groups in total. The first-order valence-electron chi connectivity index (χ1n) is 7.29. The summed E-state index contributed by atoms with van der Waals surface area (Å²) >= 11 is 5.59. The summed E-state index contributed by atoms with van der Waals surface area (Å²) in [6, 6.07) is 11.6. The van der Waals surface area contributed by atoms with Crippen molar-refractivity contribution in [3.05, 3.63) is 59.2 Å². The van der Waals surface area contributed by atoms with Crippen LogP contribution in [0.15, 0.2) is 42.5 Å². The van der Waals surface area contributed by atoms with Crippen molar-refractivity contribution in [2.45, 2.75) is 18.6 Å². The monoisotopic (exact) mass is 330 g/mol. The Morgan fingerprint density at radius 2 is 1.48 bits per heavy atom. The average molecular weight is 331 g/mol. The number of halogens is 1. The van der Waals surface area contributed by atoms with Crippen LogP contribution in [0.1, 0.15) is 38.8 Å². The average Bonchev–Trinajstić information content (AvgIpc) is 2.58. The fraction of sp³-hybridized carbons (Fsp3) is 0.222. The molecule has 0 amide bonds. The fourth-order valence-corrected chi connectivity index (χ4v) is 3.04. The van der Waals surface area contributed by atoms with Crippen LogP contribution in [0.3, 0.4) is 0 Å². The number of Topliss-reactive ketones (excluding diaryl/α,β-unsaturated/α-hetero) is 2. The smallest absolute Gasteiger partial charge is 0.234 e. The molecule has 0 radical (unpaired) electrons. The first kappa shape index (κ1) is 15.9. The number of fused-ring (bicyclic) bond motifs is 3. The molecule has 0 spiro atoms. The van der Waals surface area contributed by atoms with E-state index in [0.717, 1.165) is 0 Å². The molecule has 2 aromatic rings. The highest BCUT2D eigenvalue weighted by atomic mass is 35.5. The largest absolute Gasteiger partial charge is 0.390 e. The van der Waals surface area contributed by atoms with E-state index >= 15 is 0 Å². The summed E-state index contributed by atoms with van der Waals surface area (Å²) < 4.78 is 0. The van der Waals surface area contributed by atoms with Crippen LogP contribution in [-0.2, 0) is 0 Å². The summed E-state index contributed by atoms with van der Waals surface area (Å²) in [5.41, 5.74) is 2.42. The van der Waals surface area contributed by atoms with E-state index in [1.807, 2.05) is 0 Å². The second-order valence-electron chi connectivity index (χ2n) is 5.50. The minimum atomic E-state index is -1.10. The topological polar surface area (TPSA) is 74.6 Å². The van der Waals surface area contributed by atoms with Gasteiger partial charge in [-0.3, -0.25) is 9.59 Å². The van der Waals surface area contributed by atoms with Crippen LogP contribution in [0.5, 0.6) is 0 Å². The number of ketones is 2. The predicted molar refractivity (Wildman–Crippen MR) is 86.8 cm³/mol. The van der Waals surface area contributed by atoms with Crippen molar-refractivity contribution < 1.29 is 19.8 Å². The van der Waals surface area contributed by atoms with E-state index in [-0.39, 0.29) is 12.3 Å². The van der Waals surface area contributed by atoms with Crippen molar-refractivity contribution in [1.29, 1.82) is 0 Å². The standard InChI is InChI=1S/C18H15ClO4/c19-8-7-15(20)16(21)10-5-6-13-14(9-10)11-3-1-2-4-12(11)17(22)18(13)23/h1-6,9,15-16,20-21H,7-8H2. The first-order valence-corrected chi connectivity index (χ1v) is 7.82. The lowest BCUT2D eigenvalue weighted by Gasteiger charge is -2.22. The molecule has 23 heavy (non-hydrogen) atoms. The van der Waals surface area contributed by atoms with Crippen LogP contribution in [0, 0.1) is 0 Å². The Labute approximate surface area is 138 Å². The van der Waals surface area contributed by atoms with Gasteiger partial charge in [-0.15, -0.1) is 11.6 Å². The lowest BCUT2D eigenvalue weighted by molar-refractivity contribution is 0.0170. The Bertz CT molecular complexity index is 784. The molecule has 3 rings (SSSR count). The Balaban J connectivity index is 2.10. The van der Waals surface area contributed by atoms with Gasteiger partial charge >= 0.3 is 0 Å². The van der Waals surface area contributed by atoms with Crippen molar-refractivity contribution in [3.63, 3.8) is 0 Å². The second kappa shape index (κ2) is 6.24. The zero-order valence-electron chi connectivity index (χ0n) is 12.2. The van der Waals surface area contributed by atoms with Crippen LogP contribution in [-0.4, -0.2) is 33.8 Å². The van der Waals surface area contributed by atoms with E-state index < -0.39 is 23.8 Å². The second-order valence-corrected chi connectivity index (χ2v) is 5.88. The minimum Gasteiger partial charge on any atom is -0.390 e. The van der Waals surface area contributed by atoms with Crippen LogP contribution < -0.4 is 0 Å². The highest BCUT2D eigenvalue weighted by molar-refractivity contribution is 6.52. The molecule has 2 aromatic carbocycles. The van der Waals surface area contributed by atoms with Gasteiger partial charge in [0.25, 0.3) is 0 Å². The molecular weight excluding hydrogens is 316 g/mol. The van der Waals surface area contributed by atoms with Crippen molar-refractivity contribution >= 4 is 23.2 Å². The molecule has 118 valence electrons. The van der Waals surface area contributed by atoms with Gasteiger partial charge in [-0.2, -0.15) is 0 Å². The predicted octanol–water partition coefficient (Wildman–Crippen LogP) is 2.76. The summed E-state index contributed by atoms with van der Waals surface area (Å²) in [6.07, 6.45) is -1.82. The van der Waals surface area contributed by atoms with Gasteiger partial charge in [-0.25, -0.2) is 0 Å². The number of benzene rings is 2. The third-order valence-corrected chi connectivity index (χ3v) is 4.29. The summed E-state index contributed by atoms with van der Waals surface area (Å²) in [4.78, 5) is 24.4. The summed E-state index contributed by atoms with van der Waals surface area (Å²) in [7, 11) is 0. The zero-order valence-corrected chi connectivity index (χ0v) is 13.0. The van der Waals surface area contributed by atoms with Crippen LogP contribution >= 0.6 is 11.6 Å². The van der Waals surface area contributed by atoms with Crippen molar-refractivity contribution in [2.75, 3.05) is 5.88 Å². The maximum Gasteiger partial charge on any atom is 0.234 e. The van der Waals surface area contributed by atoms with Gasteiger partial charge in [-0.05, 0) is 35.2 Å². The lowest BCUT2D eigenvalue weighted by Crippen LogP contribution is -2.22. The molecular formula is C18H15ClO4. The van der Waals surface area contributed by atoms with E-state index in [0.29, 0.717) is 27.8 Å².